The molecule has 0 N–H and O–H groups in total. The Bertz CT molecular complexity index is 760. The van der Waals surface area contributed by atoms with Crippen molar-refractivity contribution in [1.82, 2.24) is 14.7 Å². The zero-order valence-corrected chi connectivity index (χ0v) is 16.8. The van der Waals surface area contributed by atoms with E-state index in [4.69, 9.17) is 0 Å². The van der Waals surface area contributed by atoms with Gasteiger partial charge in [0, 0.05) is 27.2 Å². The van der Waals surface area contributed by atoms with E-state index >= 15 is 0 Å². The highest BCUT2D eigenvalue weighted by Gasteiger charge is 2.42. The number of hydrogen-bond acceptors (Lipinski definition) is 3. The van der Waals surface area contributed by atoms with E-state index in [-0.39, 0.29) is 24.3 Å². The Morgan fingerprint density at radius 2 is 1.89 bits per heavy atom. The Morgan fingerprint density at radius 3 is 2.50 bits per heavy atom. The van der Waals surface area contributed by atoms with Crippen LogP contribution in [0.1, 0.15) is 44.1 Å². The lowest BCUT2D eigenvalue weighted by Gasteiger charge is -2.26. The molecular weight excluding hydrogens is 354 g/mol. The van der Waals surface area contributed by atoms with E-state index in [1.54, 1.807) is 7.05 Å². The molecule has 3 rings (SSSR count). The molecule has 1 aromatic rings. The third kappa shape index (κ3) is 4.61. The van der Waals surface area contributed by atoms with Gasteiger partial charge in [-0.25, -0.2) is 4.79 Å². The van der Waals surface area contributed by atoms with Crippen LogP contribution in [-0.2, 0) is 16.1 Å². The molecule has 1 saturated heterocycles. The van der Waals surface area contributed by atoms with E-state index in [1.807, 2.05) is 35.2 Å². The molecule has 1 fully saturated rings. The summed E-state index contributed by atoms with van der Waals surface area (Å²) in [5, 5.41) is 0. The number of benzene rings is 1. The highest BCUT2D eigenvalue weighted by molar-refractivity contribution is 6.05. The van der Waals surface area contributed by atoms with Gasteiger partial charge >= 0.3 is 6.03 Å². The molecule has 0 spiro atoms. The number of allylic oxidation sites excluding steroid dienone is 1. The van der Waals surface area contributed by atoms with Crippen LogP contribution in [0.4, 0.5) is 4.79 Å². The smallest absolute Gasteiger partial charge is 0.326 e. The van der Waals surface area contributed by atoms with Gasteiger partial charge < -0.3 is 9.80 Å². The van der Waals surface area contributed by atoms with Crippen molar-refractivity contribution in [3.05, 3.63) is 47.5 Å². The molecule has 4 amide bonds. The molecule has 1 aromatic carbocycles. The molecule has 1 aliphatic heterocycles. The molecule has 0 radical (unpaired) electrons. The Balaban J connectivity index is 1.69. The fourth-order valence-corrected chi connectivity index (χ4v) is 3.88. The maximum absolute atomic E-state index is 13.1. The lowest BCUT2D eigenvalue weighted by atomic mass is 9.97. The number of amides is 4. The van der Waals surface area contributed by atoms with Crippen molar-refractivity contribution >= 4 is 17.8 Å². The number of imide groups is 1. The topological polar surface area (TPSA) is 60.9 Å². The van der Waals surface area contributed by atoms with Crippen molar-refractivity contribution in [2.75, 3.05) is 20.6 Å². The second-order valence-electron chi connectivity index (χ2n) is 7.67. The van der Waals surface area contributed by atoms with Crippen molar-refractivity contribution in [3.8, 4) is 0 Å². The van der Waals surface area contributed by atoms with E-state index in [9.17, 15) is 14.4 Å². The first-order valence-corrected chi connectivity index (χ1v) is 10.0. The zero-order chi connectivity index (χ0) is 20.1. The van der Waals surface area contributed by atoms with Crippen molar-refractivity contribution in [2.45, 2.75) is 51.1 Å². The summed E-state index contributed by atoms with van der Waals surface area (Å²) in [5.74, 6) is -0.399. The van der Waals surface area contributed by atoms with E-state index in [0.717, 1.165) is 29.7 Å². The summed E-state index contributed by atoms with van der Waals surface area (Å²) in [6, 6.07) is 8.82. The van der Waals surface area contributed by atoms with Crippen molar-refractivity contribution in [3.63, 3.8) is 0 Å². The Morgan fingerprint density at radius 1 is 1.14 bits per heavy atom. The quantitative estimate of drug-likeness (QED) is 0.537. The van der Waals surface area contributed by atoms with Crippen LogP contribution in [0.15, 0.2) is 42.0 Å². The van der Waals surface area contributed by atoms with Crippen LogP contribution in [0.5, 0.6) is 0 Å². The number of hydrogen-bond donors (Lipinski definition) is 0. The van der Waals surface area contributed by atoms with Gasteiger partial charge in [0.1, 0.15) is 6.04 Å². The van der Waals surface area contributed by atoms with Gasteiger partial charge in [-0.3, -0.25) is 14.5 Å². The van der Waals surface area contributed by atoms with Crippen LogP contribution < -0.4 is 0 Å². The van der Waals surface area contributed by atoms with Crippen LogP contribution in [0, 0.1) is 0 Å². The summed E-state index contributed by atoms with van der Waals surface area (Å²) in [5.41, 5.74) is 2.48. The monoisotopic (exact) mass is 383 g/mol. The molecule has 6 nitrogen and oxygen atoms in total. The average molecular weight is 383 g/mol. The zero-order valence-electron chi connectivity index (χ0n) is 16.8. The van der Waals surface area contributed by atoms with E-state index in [2.05, 4.69) is 6.08 Å². The first-order valence-electron chi connectivity index (χ1n) is 10.0. The summed E-state index contributed by atoms with van der Waals surface area (Å²) in [4.78, 5) is 41.7. The lowest BCUT2D eigenvalue weighted by molar-refractivity contribution is -0.136. The summed E-state index contributed by atoms with van der Waals surface area (Å²) in [7, 11) is 3.04. The molecule has 2 aliphatic rings. The predicted molar refractivity (Wildman–Crippen MR) is 107 cm³/mol. The molecule has 0 bridgehead atoms. The minimum Gasteiger partial charge on any atom is -0.338 e. The molecule has 0 saturated carbocycles. The number of carbonyl (C=O) groups excluding carboxylic acids is 3. The van der Waals surface area contributed by atoms with E-state index < -0.39 is 6.04 Å². The number of urea groups is 1. The fourth-order valence-electron chi connectivity index (χ4n) is 3.88. The van der Waals surface area contributed by atoms with Crippen molar-refractivity contribution in [2.24, 2.45) is 0 Å². The van der Waals surface area contributed by atoms with Gasteiger partial charge in [0.05, 0.1) is 6.42 Å². The molecule has 0 aromatic heterocycles. The maximum Gasteiger partial charge on any atom is 0.326 e. The highest BCUT2D eigenvalue weighted by Crippen LogP contribution is 2.22. The summed E-state index contributed by atoms with van der Waals surface area (Å²) in [6.45, 7) is 1.15. The second-order valence-corrected chi connectivity index (χ2v) is 7.67. The number of rotatable bonds is 7. The van der Waals surface area contributed by atoms with Crippen LogP contribution in [0.25, 0.3) is 0 Å². The van der Waals surface area contributed by atoms with Crippen LogP contribution in [0.3, 0.4) is 0 Å². The first-order chi connectivity index (χ1) is 13.5. The van der Waals surface area contributed by atoms with Gasteiger partial charge in [0.15, 0.2) is 0 Å². The number of carbonyl (C=O) groups is 3. The van der Waals surface area contributed by atoms with Gasteiger partial charge in [-0.05, 0) is 37.7 Å². The predicted octanol–water partition coefficient (Wildman–Crippen LogP) is 3.19. The van der Waals surface area contributed by atoms with Gasteiger partial charge in [-0.1, -0.05) is 42.0 Å². The molecule has 150 valence electrons. The van der Waals surface area contributed by atoms with Crippen LogP contribution >= 0.6 is 0 Å². The van der Waals surface area contributed by atoms with Crippen LogP contribution in [-0.4, -0.2) is 59.2 Å². The number of likely N-dealkylation sites (N-methyl/N-ethyl adjacent to an activating group) is 2. The van der Waals surface area contributed by atoms with Crippen LogP contribution in [0.2, 0.25) is 0 Å². The Labute approximate surface area is 166 Å². The molecule has 0 unspecified atom stereocenters. The van der Waals surface area contributed by atoms with Crippen molar-refractivity contribution < 1.29 is 14.4 Å². The molecular formula is C22H29N3O3. The van der Waals surface area contributed by atoms with Gasteiger partial charge in [0.25, 0.3) is 5.91 Å². The Hall–Kier alpha value is -2.63. The van der Waals surface area contributed by atoms with E-state index in [0.29, 0.717) is 13.1 Å². The third-order valence-corrected chi connectivity index (χ3v) is 5.70. The lowest BCUT2D eigenvalue weighted by Crippen LogP contribution is -2.40. The third-order valence-electron chi connectivity index (χ3n) is 5.70. The fraction of sp³-hybridized carbons (Fsp3) is 0.500. The second kappa shape index (κ2) is 9.04. The standard InChI is InChI=1S/C22H29N3O3/c1-23-19(21(27)24(2)22(23)28)15-20(26)25(16-18-11-7-4-8-12-18)14-13-17-9-5-3-6-10-17/h4,7-9,11-12,19H,3,5-6,10,13-16H2,1-2H3/t19-/m1/s1. The largest absolute Gasteiger partial charge is 0.338 e. The minimum absolute atomic E-state index is 0.0251. The van der Waals surface area contributed by atoms with Gasteiger partial charge in [-0.2, -0.15) is 0 Å². The SMILES string of the molecule is CN1C(=O)[C@@H](CC(=O)N(CCC2=CCCCC2)Cc2ccccc2)N(C)C1=O. The molecule has 6 heteroatoms. The molecule has 1 heterocycles. The summed E-state index contributed by atoms with van der Waals surface area (Å²) in [6.07, 6.45) is 7.89. The first kappa shape index (κ1) is 20.1. The summed E-state index contributed by atoms with van der Waals surface area (Å²) < 4.78 is 0. The molecule has 28 heavy (non-hydrogen) atoms. The molecule has 1 atom stereocenters. The van der Waals surface area contributed by atoms with Crippen molar-refractivity contribution in [1.29, 1.82) is 0 Å². The minimum atomic E-state index is -0.711. The Kier molecular flexibility index (Phi) is 6.49. The van der Waals surface area contributed by atoms with E-state index in [1.165, 1.54) is 30.4 Å². The normalized spacial score (nSPS) is 19.8. The average Bonchev–Trinajstić information content (AvgIpc) is 2.90. The van der Waals surface area contributed by atoms with Gasteiger partial charge in [-0.15, -0.1) is 0 Å². The molecule has 1 aliphatic carbocycles. The maximum atomic E-state index is 13.1. The van der Waals surface area contributed by atoms with Gasteiger partial charge in [0.2, 0.25) is 5.91 Å². The number of nitrogens with zero attached hydrogens (tertiary/aromatic N) is 3. The highest BCUT2D eigenvalue weighted by atomic mass is 16.2. The summed E-state index contributed by atoms with van der Waals surface area (Å²) >= 11 is 0.